The maximum Gasteiger partial charge on any atom is 0.339 e. The molecule has 0 fully saturated rings. The highest BCUT2D eigenvalue weighted by Crippen LogP contribution is 2.36. The van der Waals surface area contributed by atoms with Crippen LogP contribution in [0.3, 0.4) is 0 Å². The fourth-order valence-corrected chi connectivity index (χ4v) is 15.5. The molecule has 29 nitrogen and oxygen atoms in total. The smallest absolute Gasteiger partial charge is 0.339 e. The first kappa shape index (κ1) is 100. The number of benzene rings is 12. The van der Waals surface area contributed by atoms with Crippen molar-refractivity contribution in [2.45, 2.75) is 121 Å². The number of esters is 8. The molecule has 0 aromatic heterocycles. The Hall–Kier alpha value is -15.9. The van der Waals surface area contributed by atoms with Crippen molar-refractivity contribution >= 4 is 118 Å². The molecular weight excluding hydrogens is 1790 g/mol. The maximum absolute atomic E-state index is 13.4. The summed E-state index contributed by atoms with van der Waals surface area (Å²) in [5.41, 5.74) is 3.80. The number of aromatic carboxylic acids is 6. The van der Waals surface area contributed by atoms with Crippen molar-refractivity contribution in [3.63, 3.8) is 0 Å². The van der Waals surface area contributed by atoms with Gasteiger partial charge < -0.3 is 68.5 Å². The van der Waals surface area contributed by atoms with Gasteiger partial charge >= 0.3 is 83.6 Å². The summed E-state index contributed by atoms with van der Waals surface area (Å²) in [5, 5.41) is 58.3. The van der Waals surface area contributed by atoms with Crippen LogP contribution < -0.4 is 0 Å². The molecule has 0 aliphatic carbocycles. The van der Waals surface area contributed by atoms with Crippen LogP contribution >= 0.6 is 23.5 Å². The third kappa shape index (κ3) is 27.6. The molecule has 6 N–H and O–H groups in total. The van der Waals surface area contributed by atoms with Gasteiger partial charge in [-0.15, -0.1) is 0 Å². The van der Waals surface area contributed by atoms with Gasteiger partial charge in [0.05, 0.1) is 103 Å². The lowest BCUT2D eigenvalue weighted by molar-refractivity contribution is 0.0457. The number of carboxylic acids is 6. The summed E-state index contributed by atoms with van der Waals surface area (Å²) < 4.78 is 54.7. The van der Waals surface area contributed by atoms with Crippen molar-refractivity contribution in [3.05, 3.63) is 389 Å². The molecule has 12 aromatic rings. The van der Waals surface area contributed by atoms with Crippen LogP contribution in [-0.2, 0) is 99.2 Å². The minimum absolute atomic E-state index is 0.0173. The Morgan fingerprint density at radius 3 is 0.731 bits per heavy atom. The van der Waals surface area contributed by atoms with Crippen LogP contribution in [0.25, 0.3) is 0 Å². The molecule has 0 bridgehead atoms. The van der Waals surface area contributed by atoms with E-state index in [1.54, 1.807) is 91.0 Å². The first-order valence-electron chi connectivity index (χ1n) is 40.4. The topological polar surface area (TPSA) is 451 Å². The summed E-state index contributed by atoms with van der Waals surface area (Å²) in [6.07, 6.45) is 0. The zero-order valence-electron chi connectivity index (χ0n) is 72.9. The van der Waals surface area contributed by atoms with E-state index in [1.165, 1.54) is 123 Å². The Kier molecular flexibility index (Phi) is 34.4. The predicted octanol–water partition coefficient (Wildman–Crippen LogP) is 19.0. The molecule has 12 rings (SSSR count). The van der Waals surface area contributed by atoms with E-state index < -0.39 is 99.9 Å². The normalized spacial score (nSPS) is 11.1. The Bertz CT molecular complexity index is 6480. The lowest BCUT2D eigenvalue weighted by Gasteiger charge is -2.19. The number of hydrogen-bond donors (Lipinski definition) is 6. The van der Waals surface area contributed by atoms with Gasteiger partial charge in [0.15, 0.2) is 0 Å². The Balaban J connectivity index is 0.000000209. The molecular formula is C102H86O29S3. The highest BCUT2D eigenvalue weighted by Gasteiger charge is 2.29. The number of rotatable bonds is 32. The van der Waals surface area contributed by atoms with E-state index in [4.69, 9.17) is 28.4 Å². The number of carbonyl (C=O) groups excluding carboxylic acids is 8. The molecule has 134 heavy (non-hydrogen) atoms. The van der Waals surface area contributed by atoms with Crippen LogP contribution in [0.5, 0.6) is 0 Å². The third-order valence-corrected chi connectivity index (χ3v) is 23.2. The number of ether oxygens (including phenoxy) is 8. The number of hydrogen-bond acceptors (Lipinski definition) is 25. The van der Waals surface area contributed by atoms with Crippen molar-refractivity contribution in [2.75, 3.05) is 14.2 Å². The first-order chi connectivity index (χ1) is 63.8. The van der Waals surface area contributed by atoms with Crippen molar-refractivity contribution in [3.8, 4) is 0 Å². The van der Waals surface area contributed by atoms with E-state index in [0.717, 1.165) is 64.0 Å². The standard InChI is InChI=1S/C38H38O8S.C34H26O12S.C30H22O9S/c1-37(2,3)25-11-7-23(8-12-25)21-45-35(43)30-18-16-27(19-31(30)34(41)42)47-28-15-17-29(33(39)40)32(20-28)36(44)46-22-24-9-13-26(14-10-24)38(4,5)6;1-43-31(39)21-7-3-19(4-8-21)17-45-33(41)26-14-12-23(15-27(26)30(37)38)47-24-11-13-25(29(35)36)28(16-24)34(42)46-18-20-5-9-22(10-6-20)32(40)44-2;31-27(32)23-13-11-22(16-26(23)30(36)39-18-20-9-5-2-6-10-20)40(37)21-12-14-24(25(15-21)28(33)34)29(35)38-17-19-7-3-1-4-8-19/h7-20H,21-22H2,1-6H3,(H,39,40)(H,41,42);3-16H,17-18H2,1-2H3,(H,35,36)(H,37,38);1-16H,17-18H2,(H,31,32)(H,33,34). The molecule has 0 radical (unpaired) electrons. The summed E-state index contributed by atoms with van der Waals surface area (Å²) in [5.74, 6) is -14.4. The lowest BCUT2D eigenvalue weighted by atomic mass is 9.87. The fraction of sp³-hybridized carbons (Fsp3) is 0.157. The summed E-state index contributed by atoms with van der Waals surface area (Å²) in [6.45, 7) is 12.0. The molecule has 0 saturated carbocycles. The predicted molar refractivity (Wildman–Crippen MR) is 487 cm³/mol. The second kappa shape index (κ2) is 46.0. The zero-order valence-corrected chi connectivity index (χ0v) is 75.4. The SMILES string of the molecule is CC(C)(C)c1ccc(COC(=O)c2ccc(Sc3ccc(C(=O)O)c(C(=O)OCc4ccc(C(C)(C)C)cc4)c3)cc2C(=O)O)cc1.COC(=O)c1ccc(COC(=O)c2ccc(Sc3ccc(C(=O)O)c(C(=O)OCc4ccc(C(=O)OC)cc4)c3)cc2C(=O)O)cc1.O=C(O)c1cc(S(=O)c2ccc(C(=O)O)c(C(=O)OCc3ccccc3)c2)ccc1C(=O)OCc1ccccc1. The highest BCUT2D eigenvalue weighted by atomic mass is 32.2. The van der Waals surface area contributed by atoms with E-state index in [9.17, 15) is 102 Å². The van der Waals surface area contributed by atoms with E-state index in [0.29, 0.717) is 53.0 Å². The van der Waals surface area contributed by atoms with Crippen LogP contribution in [0.15, 0.2) is 296 Å². The van der Waals surface area contributed by atoms with Crippen molar-refractivity contribution in [1.29, 1.82) is 0 Å². The van der Waals surface area contributed by atoms with Crippen LogP contribution in [0.1, 0.15) is 231 Å². The van der Waals surface area contributed by atoms with Gasteiger partial charge in [-0.25, -0.2) is 71.3 Å². The average Bonchev–Trinajstić information content (AvgIpc) is 0.799. The molecule has 0 aliphatic rings. The van der Waals surface area contributed by atoms with Gasteiger partial charge in [-0.2, -0.15) is 0 Å². The molecule has 12 aromatic carbocycles. The lowest BCUT2D eigenvalue weighted by Crippen LogP contribution is -2.14. The van der Waals surface area contributed by atoms with Crippen molar-refractivity contribution < 1.29 is 140 Å². The Morgan fingerprint density at radius 1 is 0.246 bits per heavy atom. The van der Waals surface area contributed by atoms with Crippen molar-refractivity contribution in [1.82, 2.24) is 0 Å². The van der Waals surface area contributed by atoms with E-state index in [1.807, 2.05) is 48.5 Å². The van der Waals surface area contributed by atoms with Gasteiger partial charge in [-0.05, 0) is 189 Å². The van der Waals surface area contributed by atoms with Crippen LogP contribution in [-0.4, -0.2) is 133 Å². The fourth-order valence-electron chi connectivity index (χ4n) is 12.6. The number of methoxy groups -OCH3 is 2. The largest absolute Gasteiger partial charge is 0.478 e. The van der Waals surface area contributed by atoms with Gasteiger partial charge in [-0.1, -0.05) is 199 Å². The third-order valence-electron chi connectivity index (χ3n) is 19.8. The monoisotopic (exact) mass is 1870 g/mol. The summed E-state index contributed by atoms with van der Waals surface area (Å²) in [4.78, 5) is 174. The van der Waals surface area contributed by atoms with Crippen LogP contribution in [0.2, 0.25) is 0 Å². The molecule has 1 unspecified atom stereocenters. The first-order valence-corrected chi connectivity index (χ1v) is 43.2. The second-order valence-electron chi connectivity index (χ2n) is 31.2. The minimum Gasteiger partial charge on any atom is -0.478 e. The van der Waals surface area contributed by atoms with Gasteiger partial charge in [-0.3, -0.25) is 0 Å². The molecule has 0 amide bonds. The molecule has 0 saturated heterocycles. The molecule has 1 atom stereocenters. The summed E-state index contributed by atoms with van der Waals surface area (Å²) in [6, 6.07) is 68.9. The van der Waals surface area contributed by atoms with Gasteiger partial charge in [0.25, 0.3) is 0 Å². The summed E-state index contributed by atoms with van der Waals surface area (Å²) >= 11 is 2.14. The van der Waals surface area contributed by atoms with E-state index in [2.05, 4.69) is 51.0 Å². The number of carboxylic acid groups (broad SMARTS) is 6. The quantitative estimate of drug-likeness (QED) is 0.0168. The maximum atomic E-state index is 13.4. The molecule has 32 heteroatoms. The molecule has 686 valence electrons. The highest BCUT2D eigenvalue weighted by molar-refractivity contribution is 7.99. The van der Waals surface area contributed by atoms with Crippen molar-refractivity contribution in [2.24, 2.45) is 0 Å². The Labute approximate surface area is 778 Å². The average molecular weight is 1870 g/mol. The van der Waals surface area contributed by atoms with Gasteiger partial charge in [0.1, 0.15) is 39.6 Å². The Morgan fingerprint density at radius 2 is 0.463 bits per heavy atom. The minimum atomic E-state index is -2.03. The van der Waals surface area contributed by atoms with Gasteiger partial charge in [0, 0.05) is 29.4 Å². The molecule has 0 spiro atoms. The second-order valence-corrected chi connectivity index (χ2v) is 35.0. The van der Waals surface area contributed by atoms with E-state index in [-0.39, 0.29) is 121 Å². The molecule has 0 aliphatic heterocycles. The zero-order chi connectivity index (χ0) is 97.3. The summed E-state index contributed by atoms with van der Waals surface area (Å²) in [7, 11) is 0.472. The van der Waals surface area contributed by atoms with Gasteiger partial charge in [0.2, 0.25) is 0 Å². The van der Waals surface area contributed by atoms with Crippen LogP contribution in [0.4, 0.5) is 0 Å². The number of carbonyl (C=O) groups is 14. The molecule has 0 heterocycles. The van der Waals surface area contributed by atoms with Crippen LogP contribution in [0, 0.1) is 0 Å². The van der Waals surface area contributed by atoms with E-state index >= 15 is 0 Å².